The minimum absolute atomic E-state index is 0.450. The Bertz CT molecular complexity index is 591. The molecule has 0 spiro atoms. The van der Waals surface area contributed by atoms with Gasteiger partial charge in [0.05, 0.1) is 15.6 Å². The number of anilines is 2. The average molecular weight is 264 g/mol. The van der Waals surface area contributed by atoms with Crippen LogP contribution in [0.3, 0.4) is 0 Å². The summed E-state index contributed by atoms with van der Waals surface area (Å²) in [5.41, 5.74) is 1.20. The van der Waals surface area contributed by atoms with Gasteiger partial charge >= 0.3 is 0 Å². The van der Waals surface area contributed by atoms with E-state index in [2.05, 4.69) is 16.4 Å². The molecule has 0 aliphatic carbocycles. The number of benzene rings is 1. The zero-order valence-corrected chi connectivity index (χ0v) is 10.1. The van der Waals surface area contributed by atoms with E-state index in [9.17, 15) is 0 Å². The molecule has 1 aromatic carbocycles. The van der Waals surface area contributed by atoms with Crippen molar-refractivity contribution >= 4 is 34.7 Å². The number of pyridine rings is 1. The van der Waals surface area contributed by atoms with Gasteiger partial charge in [0.25, 0.3) is 0 Å². The van der Waals surface area contributed by atoms with Gasteiger partial charge in [-0.25, -0.2) is 4.98 Å². The first kappa shape index (κ1) is 11.7. The van der Waals surface area contributed by atoms with Crippen molar-refractivity contribution in [2.75, 3.05) is 5.32 Å². The van der Waals surface area contributed by atoms with Crippen LogP contribution < -0.4 is 5.32 Å². The monoisotopic (exact) mass is 263 g/mol. The fraction of sp³-hybridized carbons (Fsp3) is 0. The highest BCUT2D eigenvalue weighted by Gasteiger charge is 2.04. The molecule has 0 radical (unpaired) electrons. The number of aromatic nitrogens is 1. The van der Waals surface area contributed by atoms with Crippen LogP contribution >= 0.6 is 23.2 Å². The summed E-state index contributed by atoms with van der Waals surface area (Å²) in [6, 6.07) is 10.6. The van der Waals surface area contributed by atoms with E-state index in [1.807, 2.05) is 0 Å². The van der Waals surface area contributed by atoms with E-state index >= 15 is 0 Å². The normalized spacial score (nSPS) is 9.71. The Morgan fingerprint density at radius 1 is 1.18 bits per heavy atom. The highest BCUT2D eigenvalue weighted by atomic mass is 35.5. The van der Waals surface area contributed by atoms with Gasteiger partial charge in [0.2, 0.25) is 0 Å². The van der Waals surface area contributed by atoms with E-state index in [1.54, 1.807) is 36.5 Å². The predicted octanol–water partition coefficient (Wildman–Crippen LogP) is 4.00. The molecule has 1 N–H and O–H groups in total. The van der Waals surface area contributed by atoms with E-state index in [-0.39, 0.29) is 0 Å². The second kappa shape index (κ2) is 5.05. The van der Waals surface area contributed by atoms with Crippen LogP contribution in [0.4, 0.5) is 11.5 Å². The second-order valence-electron chi connectivity index (χ2n) is 3.27. The molecule has 0 saturated carbocycles. The average Bonchev–Trinajstić information content (AvgIpc) is 2.34. The molecule has 0 bridgehead atoms. The third kappa shape index (κ3) is 2.68. The molecule has 1 heterocycles. The molecule has 0 atom stereocenters. The molecular weight excluding hydrogens is 257 g/mol. The summed E-state index contributed by atoms with van der Waals surface area (Å²) in [7, 11) is 0. The van der Waals surface area contributed by atoms with Gasteiger partial charge in [-0.3, -0.25) is 0 Å². The summed E-state index contributed by atoms with van der Waals surface area (Å²) in [6.07, 6.45) is 1.61. The molecule has 0 saturated heterocycles. The van der Waals surface area contributed by atoms with Crippen LogP contribution in [0.5, 0.6) is 0 Å². The summed E-state index contributed by atoms with van der Waals surface area (Å²) in [5, 5.41) is 12.9. The van der Waals surface area contributed by atoms with Crippen LogP contribution in [0.25, 0.3) is 0 Å². The van der Waals surface area contributed by atoms with Crippen LogP contribution in [0, 0.1) is 11.3 Å². The van der Waals surface area contributed by atoms with Gasteiger partial charge in [-0.2, -0.15) is 5.26 Å². The smallest absolute Gasteiger partial charge is 0.148 e. The van der Waals surface area contributed by atoms with Crippen LogP contribution in [-0.4, -0.2) is 4.98 Å². The molecule has 2 aromatic rings. The molecule has 0 unspecified atom stereocenters. The molecule has 0 amide bonds. The van der Waals surface area contributed by atoms with Crippen LogP contribution in [0.1, 0.15) is 5.56 Å². The Hall–Kier alpha value is -1.76. The lowest BCUT2D eigenvalue weighted by atomic mass is 10.2. The van der Waals surface area contributed by atoms with Crippen molar-refractivity contribution in [3.63, 3.8) is 0 Å². The molecule has 1 aromatic heterocycles. The maximum absolute atomic E-state index is 8.92. The van der Waals surface area contributed by atoms with E-state index < -0.39 is 0 Å². The lowest BCUT2D eigenvalue weighted by Crippen LogP contribution is -1.96. The van der Waals surface area contributed by atoms with E-state index in [4.69, 9.17) is 28.5 Å². The third-order valence-corrected chi connectivity index (χ3v) is 2.85. The largest absolute Gasteiger partial charge is 0.339 e. The van der Waals surface area contributed by atoms with Crippen molar-refractivity contribution in [1.82, 2.24) is 4.98 Å². The van der Waals surface area contributed by atoms with Gasteiger partial charge < -0.3 is 5.32 Å². The number of nitrogens with zero attached hydrogens (tertiary/aromatic N) is 2. The maximum atomic E-state index is 8.92. The zero-order chi connectivity index (χ0) is 12.3. The molecule has 0 aliphatic heterocycles. The predicted molar refractivity (Wildman–Crippen MR) is 68.7 cm³/mol. The SMILES string of the molecule is N#Cc1cccnc1Nc1ccc(Cl)c(Cl)c1. The van der Waals surface area contributed by atoms with E-state index in [1.165, 1.54) is 0 Å². The fourth-order valence-corrected chi connectivity index (χ4v) is 1.60. The molecule has 0 aliphatic rings. The number of nitriles is 1. The second-order valence-corrected chi connectivity index (χ2v) is 4.08. The quantitative estimate of drug-likeness (QED) is 0.891. The minimum Gasteiger partial charge on any atom is -0.339 e. The number of hydrogen-bond acceptors (Lipinski definition) is 3. The summed E-state index contributed by atoms with van der Waals surface area (Å²) >= 11 is 11.7. The number of nitrogens with one attached hydrogen (secondary N) is 1. The van der Waals surface area contributed by atoms with Gasteiger partial charge in [-0.1, -0.05) is 23.2 Å². The van der Waals surface area contributed by atoms with Crippen molar-refractivity contribution in [2.45, 2.75) is 0 Å². The first-order valence-corrected chi connectivity index (χ1v) is 5.53. The highest BCUT2D eigenvalue weighted by Crippen LogP contribution is 2.27. The van der Waals surface area contributed by atoms with Crippen LogP contribution in [0.2, 0.25) is 10.0 Å². The highest BCUT2D eigenvalue weighted by molar-refractivity contribution is 6.42. The Balaban J connectivity index is 2.32. The molecule has 84 valence electrons. The summed E-state index contributed by atoms with van der Waals surface area (Å²) in [4.78, 5) is 4.09. The van der Waals surface area contributed by atoms with Gasteiger partial charge in [0, 0.05) is 11.9 Å². The number of halogens is 2. The number of hydrogen-bond donors (Lipinski definition) is 1. The molecule has 2 rings (SSSR count). The molecule has 17 heavy (non-hydrogen) atoms. The van der Waals surface area contributed by atoms with Crippen molar-refractivity contribution in [3.05, 3.63) is 52.1 Å². The first-order valence-electron chi connectivity index (χ1n) is 4.78. The minimum atomic E-state index is 0.450. The molecule has 5 heteroatoms. The van der Waals surface area contributed by atoms with E-state index in [0.29, 0.717) is 21.4 Å². The summed E-state index contributed by atoms with van der Waals surface area (Å²) in [5.74, 6) is 0.494. The van der Waals surface area contributed by atoms with Crippen LogP contribution in [0.15, 0.2) is 36.5 Å². The van der Waals surface area contributed by atoms with Crippen molar-refractivity contribution in [3.8, 4) is 6.07 Å². The third-order valence-electron chi connectivity index (χ3n) is 2.11. The Labute approximate surface area is 109 Å². The fourth-order valence-electron chi connectivity index (χ4n) is 1.31. The first-order chi connectivity index (χ1) is 8.20. The zero-order valence-electron chi connectivity index (χ0n) is 8.61. The van der Waals surface area contributed by atoms with Crippen molar-refractivity contribution < 1.29 is 0 Å². The Morgan fingerprint density at radius 3 is 2.71 bits per heavy atom. The molecule has 0 fully saturated rings. The van der Waals surface area contributed by atoms with E-state index in [0.717, 1.165) is 5.69 Å². The van der Waals surface area contributed by atoms with Gasteiger partial charge in [-0.15, -0.1) is 0 Å². The summed E-state index contributed by atoms with van der Waals surface area (Å²) in [6.45, 7) is 0. The topological polar surface area (TPSA) is 48.7 Å². The Kier molecular flexibility index (Phi) is 3.48. The lowest BCUT2D eigenvalue weighted by Gasteiger charge is -2.07. The standard InChI is InChI=1S/C12H7Cl2N3/c13-10-4-3-9(6-11(10)14)17-12-8(7-15)2-1-5-16-12/h1-6H,(H,16,17). The Morgan fingerprint density at radius 2 is 2.00 bits per heavy atom. The van der Waals surface area contributed by atoms with Crippen LogP contribution in [-0.2, 0) is 0 Å². The van der Waals surface area contributed by atoms with Gasteiger partial charge in [0.15, 0.2) is 0 Å². The number of rotatable bonds is 2. The summed E-state index contributed by atoms with van der Waals surface area (Å²) < 4.78 is 0. The molecular formula is C12H7Cl2N3. The molecule has 3 nitrogen and oxygen atoms in total. The lowest BCUT2D eigenvalue weighted by molar-refractivity contribution is 1.28. The van der Waals surface area contributed by atoms with Gasteiger partial charge in [-0.05, 0) is 30.3 Å². The maximum Gasteiger partial charge on any atom is 0.148 e. The van der Waals surface area contributed by atoms with Crippen molar-refractivity contribution in [2.24, 2.45) is 0 Å². The van der Waals surface area contributed by atoms with Crippen molar-refractivity contribution in [1.29, 1.82) is 5.26 Å². The van der Waals surface area contributed by atoms with Gasteiger partial charge in [0.1, 0.15) is 11.9 Å².